The maximum atomic E-state index is 6.37. The first kappa shape index (κ1) is 19.8. The fourth-order valence-electron chi connectivity index (χ4n) is 7.07. The van der Waals surface area contributed by atoms with Gasteiger partial charge in [-0.2, -0.15) is 0 Å². The monoisotopic (exact) mass is 496 g/mol. The molecule has 4 aromatic heterocycles. The van der Waals surface area contributed by atoms with E-state index in [1.54, 1.807) is 0 Å². The standard InChI is InChI=1S/C36H20N2O/c1-2-10-21(11-3-1)37-29-15-7-4-12-22(29)26-19-27-23-13-5-8-16-30(23)38-31-20-33-25(24-14-6-9-17-32(24)39-33)18-28(31)34(35(26)37)36(27)38/h1-20H. The zero-order chi connectivity index (χ0) is 25.2. The summed E-state index contributed by atoms with van der Waals surface area (Å²) in [5.74, 6) is 0. The van der Waals surface area contributed by atoms with E-state index in [0.29, 0.717) is 0 Å². The molecule has 0 N–H and O–H groups in total. The second kappa shape index (κ2) is 6.77. The Kier molecular flexibility index (Phi) is 3.44. The van der Waals surface area contributed by atoms with Crippen LogP contribution in [0.4, 0.5) is 0 Å². The van der Waals surface area contributed by atoms with Crippen LogP contribution in [-0.4, -0.2) is 8.97 Å². The second-order valence-electron chi connectivity index (χ2n) is 10.5. The number of fused-ring (bicyclic) bond motifs is 13. The quantitative estimate of drug-likeness (QED) is 0.222. The number of para-hydroxylation sites is 4. The first-order chi connectivity index (χ1) is 19.4. The highest BCUT2D eigenvalue weighted by molar-refractivity contribution is 6.35. The van der Waals surface area contributed by atoms with Gasteiger partial charge in [-0.05, 0) is 42.5 Å². The molecular weight excluding hydrogens is 476 g/mol. The Balaban J connectivity index is 1.57. The van der Waals surface area contributed by atoms with Crippen molar-refractivity contribution in [2.45, 2.75) is 0 Å². The zero-order valence-electron chi connectivity index (χ0n) is 20.8. The van der Waals surface area contributed by atoms with E-state index >= 15 is 0 Å². The predicted molar refractivity (Wildman–Crippen MR) is 163 cm³/mol. The SMILES string of the molecule is c1ccc(-n2c3ccccc3c3cc4c5ccccc5n5c6cc7oc8ccccc8c7cc6c(c32)c45)cc1. The molecule has 0 atom stereocenters. The van der Waals surface area contributed by atoms with Gasteiger partial charge in [0.2, 0.25) is 0 Å². The van der Waals surface area contributed by atoms with E-state index in [-0.39, 0.29) is 0 Å². The lowest BCUT2D eigenvalue weighted by Gasteiger charge is -2.09. The fraction of sp³-hybridized carbons (Fsp3) is 0. The van der Waals surface area contributed by atoms with E-state index in [4.69, 9.17) is 4.42 Å². The molecule has 0 unspecified atom stereocenters. The van der Waals surface area contributed by atoms with Crippen molar-refractivity contribution in [3.05, 3.63) is 121 Å². The molecule has 0 fully saturated rings. The summed E-state index contributed by atoms with van der Waals surface area (Å²) in [6.45, 7) is 0. The molecule has 6 aromatic carbocycles. The number of hydrogen-bond acceptors (Lipinski definition) is 1. The molecule has 0 bridgehead atoms. The molecule has 3 heteroatoms. The van der Waals surface area contributed by atoms with Crippen molar-refractivity contribution in [3.63, 3.8) is 0 Å². The molecule has 0 radical (unpaired) electrons. The normalized spacial score (nSPS) is 12.6. The molecule has 0 saturated heterocycles. The molecule has 0 saturated carbocycles. The van der Waals surface area contributed by atoms with Crippen LogP contribution in [0.25, 0.3) is 87.5 Å². The van der Waals surface area contributed by atoms with E-state index in [1.165, 1.54) is 65.6 Å². The summed E-state index contributed by atoms with van der Waals surface area (Å²) in [6, 6.07) is 43.7. The van der Waals surface area contributed by atoms with Crippen molar-refractivity contribution in [1.82, 2.24) is 8.97 Å². The summed E-state index contributed by atoms with van der Waals surface area (Å²) in [7, 11) is 0. The van der Waals surface area contributed by atoms with Gasteiger partial charge < -0.3 is 13.4 Å². The molecule has 10 rings (SSSR count). The predicted octanol–water partition coefficient (Wildman–Crippen LogP) is 9.83. The number of nitrogens with zero attached hydrogens (tertiary/aromatic N) is 2. The molecule has 39 heavy (non-hydrogen) atoms. The van der Waals surface area contributed by atoms with Crippen molar-refractivity contribution in [3.8, 4) is 5.69 Å². The molecule has 4 heterocycles. The van der Waals surface area contributed by atoms with Gasteiger partial charge in [-0.25, -0.2) is 0 Å². The van der Waals surface area contributed by atoms with Gasteiger partial charge in [0.1, 0.15) is 11.2 Å². The molecule has 180 valence electrons. The third kappa shape index (κ3) is 2.31. The summed E-state index contributed by atoms with van der Waals surface area (Å²) in [6.07, 6.45) is 0. The van der Waals surface area contributed by atoms with Gasteiger partial charge in [-0.3, -0.25) is 0 Å². The Morgan fingerprint density at radius 1 is 0.410 bits per heavy atom. The van der Waals surface area contributed by atoms with Crippen LogP contribution in [0, 0.1) is 0 Å². The van der Waals surface area contributed by atoms with Crippen molar-refractivity contribution in [1.29, 1.82) is 0 Å². The van der Waals surface area contributed by atoms with Crippen LogP contribution in [-0.2, 0) is 0 Å². The summed E-state index contributed by atoms with van der Waals surface area (Å²) in [5.41, 5.74) is 9.18. The van der Waals surface area contributed by atoms with E-state index in [1.807, 2.05) is 6.07 Å². The lowest BCUT2D eigenvalue weighted by atomic mass is 10.0. The van der Waals surface area contributed by atoms with Crippen LogP contribution < -0.4 is 0 Å². The number of rotatable bonds is 1. The van der Waals surface area contributed by atoms with Crippen molar-refractivity contribution >= 4 is 81.8 Å². The molecular formula is C36H20N2O. The first-order valence-corrected chi connectivity index (χ1v) is 13.4. The van der Waals surface area contributed by atoms with Crippen LogP contribution in [0.15, 0.2) is 126 Å². The first-order valence-electron chi connectivity index (χ1n) is 13.4. The molecule has 3 nitrogen and oxygen atoms in total. The highest BCUT2D eigenvalue weighted by atomic mass is 16.3. The lowest BCUT2D eigenvalue weighted by molar-refractivity contribution is 0.669. The van der Waals surface area contributed by atoms with E-state index in [0.717, 1.165) is 21.9 Å². The van der Waals surface area contributed by atoms with Crippen molar-refractivity contribution in [2.75, 3.05) is 0 Å². The molecule has 0 aliphatic heterocycles. The smallest absolute Gasteiger partial charge is 0.137 e. The molecule has 0 aliphatic rings. The zero-order valence-corrected chi connectivity index (χ0v) is 20.8. The summed E-state index contributed by atoms with van der Waals surface area (Å²) < 4.78 is 11.3. The molecule has 0 aliphatic carbocycles. The molecule has 0 spiro atoms. The third-order valence-electron chi connectivity index (χ3n) is 8.61. The minimum atomic E-state index is 0.925. The van der Waals surface area contributed by atoms with Gasteiger partial charge in [0.15, 0.2) is 0 Å². The largest absolute Gasteiger partial charge is 0.456 e. The number of benzene rings is 6. The Hall–Kier alpha value is -5.28. The summed E-state index contributed by atoms with van der Waals surface area (Å²) >= 11 is 0. The van der Waals surface area contributed by atoms with E-state index in [2.05, 4.69) is 124 Å². The van der Waals surface area contributed by atoms with Crippen LogP contribution >= 0.6 is 0 Å². The Morgan fingerprint density at radius 3 is 1.90 bits per heavy atom. The van der Waals surface area contributed by atoms with Gasteiger partial charge >= 0.3 is 0 Å². The van der Waals surface area contributed by atoms with E-state index in [9.17, 15) is 0 Å². The highest BCUT2D eigenvalue weighted by Gasteiger charge is 2.25. The van der Waals surface area contributed by atoms with Crippen molar-refractivity contribution < 1.29 is 4.42 Å². The number of hydrogen-bond donors (Lipinski definition) is 0. The Bertz CT molecular complexity index is 2600. The molecule has 10 aromatic rings. The van der Waals surface area contributed by atoms with Gasteiger partial charge in [-0.1, -0.05) is 72.8 Å². The lowest BCUT2D eigenvalue weighted by Crippen LogP contribution is -1.93. The van der Waals surface area contributed by atoms with Gasteiger partial charge in [0.25, 0.3) is 0 Å². The van der Waals surface area contributed by atoms with Crippen LogP contribution in [0.1, 0.15) is 0 Å². The Morgan fingerprint density at radius 2 is 1.05 bits per heavy atom. The van der Waals surface area contributed by atoms with Crippen LogP contribution in [0.5, 0.6) is 0 Å². The topological polar surface area (TPSA) is 22.5 Å². The third-order valence-corrected chi connectivity index (χ3v) is 8.61. The van der Waals surface area contributed by atoms with Gasteiger partial charge in [0, 0.05) is 54.8 Å². The average Bonchev–Trinajstić information content (AvgIpc) is 3.71. The minimum Gasteiger partial charge on any atom is -0.456 e. The summed E-state index contributed by atoms with van der Waals surface area (Å²) in [5, 5.41) is 9.99. The maximum absolute atomic E-state index is 6.37. The van der Waals surface area contributed by atoms with Crippen molar-refractivity contribution in [2.24, 2.45) is 0 Å². The number of furan rings is 1. The highest BCUT2D eigenvalue weighted by Crippen LogP contribution is 2.47. The van der Waals surface area contributed by atoms with Gasteiger partial charge in [-0.15, -0.1) is 0 Å². The van der Waals surface area contributed by atoms with Gasteiger partial charge in [0.05, 0.1) is 27.6 Å². The number of aromatic nitrogens is 2. The maximum Gasteiger partial charge on any atom is 0.137 e. The summed E-state index contributed by atoms with van der Waals surface area (Å²) in [4.78, 5) is 0. The second-order valence-corrected chi connectivity index (χ2v) is 10.5. The van der Waals surface area contributed by atoms with Crippen LogP contribution in [0.2, 0.25) is 0 Å². The minimum absolute atomic E-state index is 0.925. The fourth-order valence-corrected chi connectivity index (χ4v) is 7.07. The average molecular weight is 497 g/mol. The molecule has 0 amide bonds. The Labute approximate surface area is 222 Å². The van der Waals surface area contributed by atoms with E-state index < -0.39 is 0 Å². The van der Waals surface area contributed by atoms with Crippen LogP contribution in [0.3, 0.4) is 0 Å².